The van der Waals surface area contributed by atoms with Crippen LogP contribution >= 0.6 is 11.6 Å². The SMILES string of the molecule is Cc1ccccc1Nc1nc(C)c(C)c(N2CCc3ccc(Cl)cc3C2C)n1. The number of nitrogens with one attached hydrogen (secondary N) is 1. The van der Waals surface area contributed by atoms with Gasteiger partial charge in [0, 0.05) is 28.5 Å². The molecule has 1 aliphatic heterocycles. The highest BCUT2D eigenvalue weighted by atomic mass is 35.5. The van der Waals surface area contributed by atoms with Gasteiger partial charge in [-0.3, -0.25) is 0 Å². The maximum atomic E-state index is 6.27. The van der Waals surface area contributed by atoms with Crippen LogP contribution in [-0.4, -0.2) is 16.5 Å². The average Bonchev–Trinajstić information content (AvgIpc) is 2.67. The topological polar surface area (TPSA) is 41.1 Å². The van der Waals surface area contributed by atoms with E-state index in [1.807, 2.05) is 25.1 Å². The standard InChI is InChI=1S/C23H25ClN4/c1-14-7-5-6-8-21(14)26-23-25-16(3)15(2)22(27-23)28-12-11-18-9-10-19(24)13-20(18)17(28)4/h5-10,13,17H,11-12H2,1-4H3,(H,25,26,27). The van der Waals surface area contributed by atoms with Crippen molar-refractivity contribution < 1.29 is 0 Å². The van der Waals surface area contributed by atoms with Crippen LogP contribution in [0.4, 0.5) is 17.5 Å². The molecule has 1 aliphatic rings. The zero-order valence-corrected chi connectivity index (χ0v) is 17.5. The smallest absolute Gasteiger partial charge is 0.229 e. The van der Waals surface area contributed by atoms with Gasteiger partial charge in [-0.15, -0.1) is 0 Å². The van der Waals surface area contributed by atoms with Crippen LogP contribution in [0.5, 0.6) is 0 Å². The molecule has 0 radical (unpaired) electrons. The Morgan fingerprint density at radius 1 is 1.07 bits per heavy atom. The van der Waals surface area contributed by atoms with Crippen LogP contribution in [0.3, 0.4) is 0 Å². The molecule has 2 aromatic carbocycles. The Bertz CT molecular complexity index is 1030. The summed E-state index contributed by atoms with van der Waals surface area (Å²) >= 11 is 6.27. The van der Waals surface area contributed by atoms with Crippen LogP contribution in [-0.2, 0) is 6.42 Å². The zero-order chi connectivity index (χ0) is 19.8. The first-order valence-electron chi connectivity index (χ1n) is 9.67. The van der Waals surface area contributed by atoms with Crippen LogP contribution in [0.15, 0.2) is 42.5 Å². The van der Waals surface area contributed by atoms with Crippen molar-refractivity contribution >= 4 is 29.1 Å². The maximum absolute atomic E-state index is 6.27. The van der Waals surface area contributed by atoms with Crippen molar-refractivity contribution in [1.29, 1.82) is 0 Å². The lowest BCUT2D eigenvalue weighted by molar-refractivity contribution is 0.614. The summed E-state index contributed by atoms with van der Waals surface area (Å²) in [5.41, 5.74) is 6.96. The summed E-state index contributed by atoms with van der Waals surface area (Å²) in [5.74, 6) is 1.62. The van der Waals surface area contributed by atoms with E-state index in [-0.39, 0.29) is 6.04 Å². The van der Waals surface area contributed by atoms with Crippen molar-refractivity contribution in [2.24, 2.45) is 0 Å². The van der Waals surface area contributed by atoms with E-state index < -0.39 is 0 Å². The molecule has 1 unspecified atom stereocenters. The Kier molecular flexibility index (Phi) is 4.98. The molecule has 1 atom stereocenters. The van der Waals surface area contributed by atoms with Gasteiger partial charge < -0.3 is 10.2 Å². The quantitative estimate of drug-likeness (QED) is 0.600. The lowest BCUT2D eigenvalue weighted by atomic mass is 9.93. The molecular weight excluding hydrogens is 368 g/mol. The third-order valence-corrected chi connectivity index (χ3v) is 5.91. The van der Waals surface area contributed by atoms with Gasteiger partial charge in [0.05, 0.1) is 6.04 Å². The van der Waals surface area contributed by atoms with Gasteiger partial charge in [-0.2, -0.15) is 4.98 Å². The molecule has 0 amide bonds. The second-order valence-electron chi connectivity index (χ2n) is 7.48. The van der Waals surface area contributed by atoms with Crippen LogP contribution in [0.25, 0.3) is 0 Å². The zero-order valence-electron chi connectivity index (χ0n) is 16.8. The van der Waals surface area contributed by atoms with Crippen molar-refractivity contribution in [3.8, 4) is 0 Å². The van der Waals surface area contributed by atoms with Crippen molar-refractivity contribution in [2.75, 3.05) is 16.8 Å². The third-order valence-electron chi connectivity index (χ3n) is 5.67. The molecule has 0 saturated heterocycles. The van der Waals surface area contributed by atoms with E-state index in [1.54, 1.807) is 0 Å². The fourth-order valence-electron chi connectivity index (χ4n) is 3.86. The van der Waals surface area contributed by atoms with Crippen molar-refractivity contribution in [2.45, 2.75) is 40.2 Å². The lowest BCUT2D eigenvalue weighted by Gasteiger charge is -2.37. The first kappa shape index (κ1) is 18.8. The maximum Gasteiger partial charge on any atom is 0.229 e. The molecular formula is C23H25ClN4. The van der Waals surface area contributed by atoms with Gasteiger partial charge >= 0.3 is 0 Å². The first-order chi connectivity index (χ1) is 13.4. The third kappa shape index (κ3) is 3.45. The van der Waals surface area contributed by atoms with Gasteiger partial charge in [-0.1, -0.05) is 35.9 Å². The van der Waals surface area contributed by atoms with Crippen molar-refractivity contribution in [3.05, 3.63) is 75.4 Å². The fraction of sp³-hybridized carbons (Fsp3) is 0.304. The second-order valence-corrected chi connectivity index (χ2v) is 7.92. The Hall–Kier alpha value is -2.59. The number of hydrogen-bond acceptors (Lipinski definition) is 4. The van der Waals surface area contributed by atoms with Gasteiger partial charge in [0.2, 0.25) is 5.95 Å². The van der Waals surface area contributed by atoms with E-state index in [9.17, 15) is 0 Å². The number of rotatable bonds is 3. The van der Waals surface area contributed by atoms with E-state index in [0.717, 1.165) is 40.8 Å². The van der Waals surface area contributed by atoms with Crippen LogP contribution in [0, 0.1) is 20.8 Å². The highest BCUT2D eigenvalue weighted by Crippen LogP contribution is 2.36. The van der Waals surface area contributed by atoms with E-state index in [2.05, 4.69) is 60.2 Å². The summed E-state index contributed by atoms with van der Waals surface area (Å²) in [5, 5.41) is 4.18. The van der Waals surface area contributed by atoms with E-state index in [0.29, 0.717) is 5.95 Å². The second kappa shape index (κ2) is 7.44. The molecule has 1 aromatic heterocycles. The number of halogens is 1. The predicted octanol–water partition coefficient (Wildman–Crippen LogP) is 5.92. The molecule has 0 saturated carbocycles. The van der Waals surface area contributed by atoms with Gasteiger partial charge in [0.25, 0.3) is 0 Å². The van der Waals surface area contributed by atoms with Gasteiger partial charge in [-0.05, 0) is 69.0 Å². The summed E-state index contributed by atoms with van der Waals surface area (Å²) in [6.45, 7) is 9.37. The molecule has 0 spiro atoms. The Balaban J connectivity index is 1.72. The number of benzene rings is 2. The van der Waals surface area contributed by atoms with Gasteiger partial charge in [-0.25, -0.2) is 4.98 Å². The molecule has 0 fully saturated rings. The Labute approximate surface area is 171 Å². The molecule has 4 nitrogen and oxygen atoms in total. The van der Waals surface area contributed by atoms with E-state index in [1.165, 1.54) is 16.7 Å². The summed E-state index contributed by atoms with van der Waals surface area (Å²) in [4.78, 5) is 12.0. The molecule has 1 N–H and O–H groups in total. The highest BCUT2D eigenvalue weighted by molar-refractivity contribution is 6.30. The fourth-order valence-corrected chi connectivity index (χ4v) is 4.04. The minimum absolute atomic E-state index is 0.210. The van der Waals surface area contributed by atoms with Gasteiger partial charge in [0.1, 0.15) is 5.82 Å². The molecule has 0 bridgehead atoms. The Morgan fingerprint density at radius 2 is 1.86 bits per heavy atom. The predicted molar refractivity (Wildman–Crippen MR) is 117 cm³/mol. The van der Waals surface area contributed by atoms with Gasteiger partial charge in [0.15, 0.2) is 0 Å². The van der Waals surface area contributed by atoms with Crippen LogP contribution in [0.2, 0.25) is 5.02 Å². The number of nitrogens with zero attached hydrogens (tertiary/aromatic N) is 3. The molecule has 0 aliphatic carbocycles. The summed E-state index contributed by atoms with van der Waals surface area (Å²) in [6, 6.07) is 14.6. The number of aromatic nitrogens is 2. The number of anilines is 3. The summed E-state index contributed by atoms with van der Waals surface area (Å²) < 4.78 is 0. The van der Waals surface area contributed by atoms with Crippen molar-refractivity contribution in [1.82, 2.24) is 9.97 Å². The molecule has 144 valence electrons. The first-order valence-corrected chi connectivity index (χ1v) is 10.0. The minimum atomic E-state index is 0.210. The van der Waals surface area contributed by atoms with Crippen molar-refractivity contribution in [3.63, 3.8) is 0 Å². The molecule has 3 aromatic rings. The van der Waals surface area contributed by atoms with Crippen LogP contribution < -0.4 is 10.2 Å². The molecule has 2 heterocycles. The summed E-state index contributed by atoms with van der Waals surface area (Å²) in [6.07, 6.45) is 0.986. The average molecular weight is 393 g/mol. The van der Waals surface area contributed by atoms with Crippen LogP contribution in [0.1, 0.15) is 40.9 Å². The number of para-hydroxylation sites is 1. The minimum Gasteiger partial charge on any atom is -0.349 e. The number of aryl methyl sites for hydroxylation is 2. The largest absolute Gasteiger partial charge is 0.349 e. The number of fused-ring (bicyclic) bond motifs is 1. The normalized spacial score (nSPS) is 16.0. The lowest BCUT2D eigenvalue weighted by Crippen LogP contribution is -2.35. The Morgan fingerprint density at radius 3 is 2.64 bits per heavy atom. The molecule has 4 rings (SSSR count). The monoisotopic (exact) mass is 392 g/mol. The van der Waals surface area contributed by atoms with E-state index in [4.69, 9.17) is 16.6 Å². The molecule has 5 heteroatoms. The summed E-state index contributed by atoms with van der Waals surface area (Å²) in [7, 11) is 0. The molecule has 28 heavy (non-hydrogen) atoms. The van der Waals surface area contributed by atoms with E-state index >= 15 is 0 Å². The number of hydrogen-bond donors (Lipinski definition) is 1. The highest BCUT2D eigenvalue weighted by Gasteiger charge is 2.27.